The van der Waals surface area contributed by atoms with Crippen molar-refractivity contribution in [3.63, 3.8) is 0 Å². The first-order chi connectivity index (χ1) is 10.2. The minimum absolute atomic E-state index is 0. The molecule has 1 aromatic carbocycles. The lowest BCUT2D eigenvalue weighted by atomic mass is 10.0. The van der Waals surface area contributed by atoms with E-state index in [9.17, 15) is 5.26 Å². The predicted octanol–water partition coefficient (Wildman–Crippen LogP) is 4.45. The van der Waals surface area contributed by atoms with Gasteiger partial charge >= 0.3 is 8.05 Å². The maximum Gasteiger partial charge on any atom is 0.374 e. The number of benzene rings is 1. The highest BCUT2D eigenvalue weighted by atomic mass is 16.5. The number of rotatable bonds is 3. The van der Waals surface area contributed by atoms with E-state index in [1.807, 2.05) is 45.9 Å². The van der Waals surface area contributed by atoms with E-state index in [1.165, 1.54) is 0 Å². The summed E-state index contributed by atoms with van der Waals surface area (Å²) in [5.41, 5.74) is 2.54. The molecule has 0 aliphatic carbocycles. The molecule has 22 heavy (non-hydrogen) atoms. The molecule has 4 nitrogen and oxygen atoms in total. The van der Waals surface area contributed by atoms with Crippen LogP contribution < -0.4 is 0 Å². The molecule has 0 unspecified atom stereocenters. The maximum atomic E-state index is 9.33. The highest BCUT2D eigenvalue weighted by Gasteiger charge is 2.19. The number of nitriles is 1. The normalized spacial score (nSPS) is 10.3. The number of aryl methyl sites for hydroxylation is 1. The fourth-order valence-electron chi connectivity index (χ4n) is 1.70. The van der Waals surface area contributed by atoms with Crippen molar-refractivity contribution in [3.05, 3.63) is 52.9 Å². The Bertz CT molecular complexity index is 655. The average Bonchev–Trinajstić information content (AvgIpc) is 2.87. The molecule has 5 heteroatoms. The fraction of sp³-hybridized carbons (Fsp3) is 0.294. The van der Waals surface area contributed by atoms with Gasteiger partial charge in [0.1, 0.15) is 11.6 Å². The Labute approximate surface area is 133 Å². The lowest BCUT2D eigenvalue weighted by Gasteiger charge is -2.08. The van der Waals surface area contributed by atoms with Crippen LogP contribution in [0.2, 0.25) is 0 Å². The third kappa shape index (κ3) is 4.01. The summed E-state index contributed by atoms with van der Waals surface area (Å²) in [5.74, 6) is 0.562. The fourth-order valence-corrected chi connectivity index (χ4v) is 1.70. The minimum atomic E-state index is 0. The van der Waals surface area contributed by atoms with E-state index in [2.05, 4.69) is 11.2 Å². The number of hydrogen-bond donors (Lipinski definition) is 0. The third-order valence-electron chi connectivity index (χ3n) is 2.88. The van der Waals surface area contributed by atoms with E-state index in [4.69, 9.17) is 17.2 Å². The Morgan fingerprint density at radius 3 is 2.23 bits per heavy atom. The van der Waals surface area contributed by atoms with Crippen molar-refractivity contribution in [2.24, 2.45) is 0 Å². The van der Waals surface area contributed by atoms with Gasteiger partial charge in [0, 0.05) is 5.56 Å². The summed E-state index contributed by atoms with van der Waals surface area (Å²) in [6.45, 7) is 7.64. The van der Waals surface area contributed by atoms with Gasteiger partial charge in [-0.3, -0.25) is 0 Å². The molecule has 1 heterocycles. The number of hydrogen-bond acceptors (Lipinski definition) is 4. The second-order valence-corrected chi connectivity index (χ2v) is 4.02. The monoisotopic (exact) mass is 296 g/mol. The molecule has 0 spiro atoms. The van der Waals surface area contributed by atoms with Crippen molar-refractivity contribution in [3.8, 4) is 6.07 Å². The van der Waals surface area contributed by atoms with Gasteiger partial charge in [-0.1, -0.05) is 56.8 Å². The lowest BCUT2D eigenvalue weighted by Crippen LogP contribution is -1.95. The van der Waals surface area contributed by atoms with E-state index >= 15 is 0 Å². The van der Waals surface area contributed by atoms with E-state index in [0.717, 1.165) is 11.3 Å². The van der Waals surface area contributed by atoms with Crippen molar-refractivity contribution < 1.29 is 9.18 Å². The van der Waals surface area contributed by atoms with Crippen LogP contribution in [0, 0.1) is 25.2 Å². The molecular formula is C17H21BN2O2. The van der Waals surface area contributed by atoms with Crippen LogP contribution in [0.3, 0.4) is 0 Å². The van der Waals surface area contributed by atoms with Gasteiger partial charge in [0.15, 0.2) is 5.76 Å². The van der Waals surface area contributed by atoms with Gasteiger partial charge in [0.05, 0.1) is 5.69 Å². The van der Waals surface area contributed by atoms with Crippen molar-refractivity contribution in [1.29, 1.82) is 5.26 Å². The molecule has 0 aliphatic rings. The Morgan fingerprint density at radius 1 is 1.23 bits per heavy atom. The van der Waals surface area contributed by atoms with Crippen LogP contribution in [0.1, 0.15) is 43.9 Å². The average molecular weight is 296 g/mol. The zero-order chi connectivity index (χ0) is 15.8. The predicted molar refractivity (Wildman–Crippen MR) is 89.8 cm³/mol. The molecule has 2 radical (unpaired) electrons. The molecule has 0 atom stereocenters. The van der Waals surface area contributed by atoms with E-state index < -0.39 is 0 Å². The molecule has 114 valence electrons. The van der Waals surface area contributed by atoms with Crippen LogP contribution in [0.4, 0.5) is 0 Å². The highest BCUT2D eigenvalue weighted by Crippen LogP contribution is 2.29. The molecule has 2 aromatic rings. The SMILES string of the molecule is C.CC.[B]OC(=C(C#N)c1ccccc1)c1onc(C)c1C. The van der Waals surface area contributed by atoms with Crippen molar-refractivity contribution in [2.75, 3.05) is 0 Å². The smallest absolute Gasteiger partial charge is 0.374 e. The summed E-state index contributed by atoms with van der Waals surface area (Å²) >= 11 is 0. The van der Waals surface area contributed by atoms with Crippen molar-refractivity contribution in [1.82, 2.24) is 5.16 Å². The number of aromatic nitrogens is 1. The van der Waals surface area contributed by atoms with Crippen LogP contribution in [0.5, 0.6) is 0 Å². The van der Waals surface area contributed by atoms with Gasteiger partial charge in [-0.25, -0.2) is 0 Å². The second kappa shape index (κ2) is 9.46. The molecule has 0 amide bonds. The zero-order valence-electron chi connectivity index (χ0n) is 12.7. The molecule has 0 fully saturated rings. The summed E-state index contributed by atoms with van der Waals surface area (Å²) < 4.78 is 10.0. The molecule has 0 bridgehead atoms. The lowest BCUT2D eigenvalue weighted by molar-refractivity contribution is 0.387. The first-order valence-corrected chi connectivity index (χ1v) is 6.68. The van der Waals surface area contributed by atoms with Crippen LogP contribution in [-0.2, 0) is 4.65 Å². The summed E-state index contributed by atoms with van der Waals surface area (Å²) in [6.07, 6.45) is 0. The van der Waals surface area contributed by atoms with Crippen molar-refractivity contribution in [2.45, 2.75) is 35.1 Å². The first kappa shape index (κ1) is 19.5. The van der Waals surface area contributed by atoms with Gasteiger partial charge < -0.3 is 9.18 Å². The summed E-state index contributed by atoms with van der Waals surface area (Å²) in [5, 5.41) is 13.2. The Kier molecular flexibility index (Phi) is 8.40. The van der Waals surface area contributed by atoms with Crippen LogP contribution >= 0.6 is 0 Å². The first-order valence-electron chi connectivity index (χ1n) is 6.68. The molecule has 0 aliphatic heterocycles. The summed E-state index contributed by atoms with van der Waals surface area (Å²) in [6, 6.07) is 11.2. The van der Waals surface area contributed by atoms with E-state index in [1.54, 1.807) is 12.1 Å². The van der Waals surface area contributed by atoms with Crippen molar-refractivity contribution >= 4 is 19.4 Å². The molecule has 2 rings (SSSR count). The molecule has 0 N–H and O–H groups in total. The molecule has 0 saturated heterocycles. The van der Waals surface area contributed by atoms with E-state index in [-0.39, 0.29) is 13.2 Å². The standard InChI is InChI=1S/C14H11BN2O2.C2H6.CH4/c1-9-10(2)17-19-13(9)14(18-15)12(8-16)11-6-4-3-5-7-11;1-2;/h3-7H,1-2H3;1-2H3;1H4. The summed E-state index contributed by atoms with van der Waals surface area (Å²) in [4.78, 5) is 0. The highest BCUT2D eigenvalue weighted by molar-refractivity contribution is 6.06. The van der Waals surface area contributed by atoms with Gasteiger partial charge in [-0.05, 0) is 19.4 Å². The van der Waals surface area contributed by atoms with Crippen LogP contribution in [0.15, 0.2) is 34.9 Å². The Hall–Kier alpha value is -2.48. The Morgan fingerprint density at radius 2 is 1.82 bits per heavy atom. The van der Waals surface area contributed by atoms with Gasteiger partial charge in [0.25, 0.3) is 0 Å². The minimum Gasteiger partial charge on any atom is -0.564 e. The summed E-state index contributed by atoms with van der Waals surface area (Å²) in [7, 11) is 5.30. The van der Waals surface area contributed by atoms with Gasteiger partial charge in [-0.2, -0.15) is 5.26 Å². The van der Waals surface area contributed by atoms with Crippen LogP contribution in [-0.4, -0.2) is 13.2 Å². The zero-order valence-corrected chi connectivity index (χ0v) is 12.7. The topological polar surface area (TPSA) is 59.0 Å². The largest absolute Gasteiger partial charge is 0.564 e. The molecule has 0 saturated carbocycles. The van der Waals surface area contributed by atoms with E-state index in [0.29, 0.717) is 16.9 Å². The third-order valence-corrected chi connectivity index (χ3v) is 2.88. The quantitative estimate of drug-likeness (QED) is 0.477. The second-order valence-electron chi connectivity index (χ2n) is 4.02. The maximum absolute atomic E-state index is 9.33. The van der Waals surface area contributed by atoms with Gasteiger partial charge in [-0.15, -0.1) is 0 Å². The van der Waals surface area contributed by atoms with Crippen LogP contribution in [0.25, 0.3) is 11.3 Å². The Balaban J connectivity index is 0.00000141. The number of allylic oxidation sites excluding steroid dienone is 1. The number of nitrogens with zero attached hydrogens (tertiary/aromatic N) is 2. The molecule has 1 aromatic heterocycles. The molecular weight excluding hydrogens is 275 g/mol. The van der Waals surface area contributed by atoms with Gasteiger partial charge in [0.2, 0.25) is 5.76 Å².